The smallest absolute Gasteiger partial charge is 0.433 e. The van der Waals surface area contributed by atoms with Crippen LogP contribution in [-0.2, 0) is 15.7 Å². The molecule has 0 saturated carbocycles. The zero-order chi connectivity index (χ0) is 20.6. The first-order valence-corrected chi connectivity index (χ1v) is 9.38. The summed E-state index contributed by atoms with van der Waals surface area (Å²) in [6.45, 7) is 2.34. The van der Waals surface area contributed by atoms with E-state index in [4.69, 9.17) is 4.74 Å². The molecule has 1 aromatic carbocycles. The van der Waals surface area contributed by atoms with Crippen LogP contribution in [-0.4, -0.2) is 34.2 Å². The van der Waals surface area contributed by atoms with Crippen LogP contribution in [0.1, 0.15) is 35.8 Å². The molecule has 0 atom stereocenters. The van der Waals surface area contributed by atoms with Crippen molar-refractivity contribution in [2.75, 3.05) is 17.7 Å². The molecule has 150 valence electrons. The number of alkyl halides is 3. The van der Waals surface area contributed by atoms with Crippen LogP contribution in [0, 0.1) is 0 Å². The van der Waals surface area contributed by atoms with Crippen LogP contribution >= 0.6 is 11.8 Å². The normalized spacial score (nSPS) is 11.1. The van der Waals surface area contributed by atoms with Crippen LogP contribution in [0.4, 0.5) is 18.9 Å². The highest BCUT2D eigenvalue weighted by Crippen LogP contribution is 2.28. The van der Waals surface area contributed by atoms with Crippen molar-refractivity contribution in [3.63, 3.8) is 0 Å². The highest BCUT2D eigenvalue weighted by molar-refractivity contribution is 7.99. The molecule has 2 rings (SSSR count). The number of halogens is 3. The van der Waals surface area contributed by atoms with Gasteiger partial charge in [-0.15, -0.1) is 0 Å². The van der Waals surface area contributed by atoms with Crippen LogP contribution in [0.5, 0.6) is 0 Å². The molecule has 1 heterocycles. The number of carbonyl (C=O) groups is 2. The topological polar surface area (TPSA) is 81.2 Å². The number of hydrogen-bond acceptors (Lipinski definition) is 6. The van der Waals surface area contributed by atoms with Crippen molar-refractivity contribution in [3.05, 3.63) is 47.8 Å². The Morgan fingerprint density at radius 1 is 1.18 bits per heavy atom. The number of nitrogens with zero attached hydrogens (tertiary/aromatic N) is 2. The van der Waals surface area contributed by atoms with Crippen molar-refractivity contribution in [2.24, 2.45) is 0 Å². The van der Waals surface area contributed by atoms with Gasteiger partial charge < -0.3 is 10.1 Å². The molecule has 1 N–H and O–H groups in total. The van der Waals surface area contributed by atoms with Gasteiger partial charge in [0, 0.05) is 11.9 Å². The van der Waals surface area contributed by atoms with E-state index in [1.54, 1.807) is 12.1 Å². The average molecular weight is 413 g/mol. The predicted octanol–water partition coefficient (Wildman–Crippen LogP) is 4.18. The van der Waals surface area contributed by atoms with Gasteiger partial charge in [0.25, 0.3) is 0 Å². The minimum atomic E-state index is -4.57. The Balaban J connectivity index is 1.85. The second-order valence-corrected chi connectivity index (χ2v) is 6.57. The van der Waals surface area contributed by atoms with Gasteiger partial charge in [0.1, 0.15) is 5.69 Å². The molecule has 0 aliphatic rings. The molecular weight excluding hydrogens is 395 g/mol. The first kappa shape index (κ1) is 21.7. The Kier molecular flexibility index (Phi) is 7.80. The van der Waals surface area contributed by atoms with E-state index in [-0.39, 0.29) is 10.9 Å². The highest BCUT2D eigenvalue weighted by Gasteiger charge is 2.32. The van der Waals surface area contributed by atoms with Crippen molar-refractivity contribution in [3.8, 4) is 0 Å². The third-order valence-corrected chi connectivity index (χ3v) is 4.25. The molecule has 28 heavy (non-hydrogen) atoms. The molecule has 0 spiro atoms. The molecule has 0 unspecified atom stereocenters. The van der Waals surface area contributed by atoms with E-state index < -0.39 is 23.7 Å². The highest BCUT2D eigenvalue weighted by atomic mass is 32.2. The van der Waals surface area contributed by atoms with Gasteiger partial charge in [-0.05, 0) is 36.8 Å². The lowest BCUT2D eigenvalue weighted by molar-refractivity contribution is -0.141. The summed E-state index contributed by atoms with van der Waals surface area (Å²) in [5.41, 5.74) is -0.256. The van der Waals surface area contributed by atoms with E-state index in [1.165, 1.54) is 12.1 Å². The minimum Gasteiger partial charge on any atom is -0.462 e. The molecule has 0 saturated heterocycles. The Hall–Kier alpha value is -2.62. The summed E-state index contributed by atoms with van der Waals surface area (Å²) in [7, 11) is 0. The van der Waals surface area contributed by atoms with Gasteiger partial charge in [-0.2, -0.15) is 13.2 Å². The van der Waals surface area contributed by atoms with Crippen LogP contribution in [0.25, 0.3) is 0 Å². The fourth-order valence-corrected chi connectivity index (χ4v) is 2.61. The molecule has 0 aliphatic heterocycles. The molecule has 0 fully saturated rings. The van der Waals surface area contributed by atoms with Crippen molar-refractivity contribution < 1.29 is 27.5 Å². The lowest BCUT2D eigenvalue weighted by atomic mass is 10.2. The summed E-state index contributed by atoms with van der Waals surface area (Å²) in [6, 6.07) is 6.89. The molecule has 0 radical (unpaired) electrons. The summed E-state index contributed by atoms with van der Waals surface area (Å²) in [4.78, 5) is 30.9. The number of rotatable bonds is 8. The fourth-order valence-electron chi connectivity index (χ4n) is 1.98. The molecule has 1 aromatic heterocycles. The summed E-state index contributed by atoms with van der Waals surface area (Å²) >= 11 is 0.789. The maximum atomic E-state index is 12.6. The number of hydrogen-bond donors (Lipinski definition) is 1. The number of nitrogens with one attached hydrogen (secondary N) is 1. The molecular formula is C18H18F3N3O3S. The summed E-state index contributed by atoms with van der Waals surface area (Å²) in [5, 5.41) is 2.44. The first-order chi connectivity index (χ1) is 13.3. The maximum Gasteiger partial charge on any atom is 0.433 e. The largest absolute Gasteiger partial charge is 0.462 e. The lowest BCUT2D eigenvalue weighted by Gasteiger charge is -2.08. The maximum absolute atomic E-state index is 12.6. The molecule has 1 amide bonds. The zero-order valence-corrected chi connectivity index (χ0v) is 15.8. The average Bonchev–Trinajstić information content (AvgIpc) is 2.66. The number of ether oxygens (including phenoxy) is 1. The second kappa shape index (κ2) is 10.1. The van der Waals surface area contributed by atoms with E-state index in [0.717, 1.165) is 36.9 Å². The second-order valence-electron chi connectivity index (χ2n) is 5.63. The van der Waals surface area contributed by atoms with E-state index in [1.807, 2.05) is 6.92 Å². The Bertz CT molecular complexity index is 814. The fraction of sp³-hybridized carbons (Fsp3) is 0.333. The predicted molar refractivity (Wildman–Crippen MR) is 98.0 cm³/mol. The molecule has 0 aliphatic carbocycles. The number of amides is 1. The van der Waals surface area contributed by atoms with Gasteiger partial charge in [-0.1, -0.05) is 25.1 Å². The van der Waals surface area contributed by atoms with Crippen molar-refractivity contribution in [1.82, 2.24) is 9.97 Å². The standard InChI is InChI=1S/C18H18F3N3O3S/c1-2-3-10-27-16(26)12-4-6-13(7-5-12)23-15(25)11-28-17-22-9-8-14(24-17)18(19,20)21/h4-9H,2-3,10-11H2,1H3,(H,23,25). The van der Waals surface area contributed by atoms with E-state index >= 15 is 0 Å². The van der Waals surface area contributed by atoms with Crippen molar-refractivity contribution in [1.29, 1.82) is 0 Å². The molecule has 10 heteroatoms. The number of aromatic nitrogens is 2. The van der Waals surface area contributed by atoms with Crippen LogP contribution in [0.2, 0.25) is 0 Å². The number of carbonyl (C=O) groups excluding carboxylic acids is 2. The van der Waals surface area contributed by atoms with Gasteiger partial charge in [-0.25, -0.2) is 14.8 Å². The third-order valence-electron chi connectivity index (χ3n) is 3.39. The van der Waals surface area contributed by atoms with E-state index in [0.29, 0.717) is 17.9 Å². The summed E-state index contributed by atoms with van der Waals surface area (Å²) in [6.07, 6.45) is -1.87. The van der Waals surface area contributed by atoms with Crippen molar-refractivity contribution >= 4 is 29.3 Å². The number of anilines is 1. The van der Waals surface area contributed by atoms with Gasteiger partial charge >= 0.3 is 12.1 Å². The van der Waals surface area contributed by atoms with Gasteiger partial charge in [0.05, 0.1) is 17.9 Å². The van der Waals surface area contributed by atoms with E-state index in [2.05, 4.69) is 15.3 Å². The lowest BCUT2D eigenvalue weighted by Crippen LogP contribution is -2.15. The summed E-state index contributed by atoms with van der Waals surface area (Å²) < 4.78 is 42.9. The molecule has 6 nitrogen and oxygen atoms in total. The third kappa shape index (κ3) is 6.84. The quantitative estimate of drug-likeness (QED) is 0.303. The molecule has 0 bridgehead atoms. The van der Waals surface area contributed by atoms with Crippen molar-refractivity contribution in [2.45, 2.75) is 31.1 Å². The molecule has 2 aromatic rings. The Morgan fingerprint density at radius 3 is 2.54 bits per heavy atom. The summed E-state index contributed by atoms with van der Waals surface area (Å²) in [5.74, 6) is -1.05. The SMILES string of the molecule is CCCCOC(=O)c1ccc(NC(=O)CSc2nccc(C(F)(F)F)n2)cc1. The van der Waals surface area contributed by atoms with Gasteiger partial charge in [-0.3, -0.25) is 4.79 Å². The van der Waals surface area contributed by atoms with Gasteiger partial charge in [0.15, 0.2) is 5.16 Å². The van der Waals surface area contributed by atoms with Crippen LogP contribution in [0.15, 0.2) is 41.7 Å². The first-order valence-electron chi connectivity index (χ1n) is 8.39. The minimum absolute atomic E-state index is 0.143. The zero-order valence-electron chi connectivity index (χ0n) is 15.0. The number of esters is 1. The van der Waals surface area contributed by atoms with Crippen LogP contribution in [0.3, 0.4) is 0 Å². The Morgan fingerprint density at radius 2 is 1.89 bits per heavy atom. The van der Waals surface area contributed by atoms with Crippen LogP contribution < -0.4 is 5.32 Å². The number of benzene rings is 1. The van der Waals surface area contributed by atoms with E-state index in [9.17, 15) is 22.8 Å². The monoisotopic (exact) mass is 413 g/mol. The van der Waals surface area contributed by atoms with Gasteiger partial charge in [0.2, 0.25) is 5.91 Å². The number of unbranched alkanes of at least 4 members (excludes halogenated alkanes) is 1. The Labute approximate surface area is 163 Å². The number of thioether (sulfide) groups is 1.